The van der Waals surface area contributed by atoms with Gasteiger partial charge in [-0.1, -0.05) is 12.8 Å². The first kappa shape index (κ1) is 10.9. The molecule has 1 aromatic rings. The van der Waals surface area contributed by atoms with E-state index in [1.807, 2.05) is 6.07 Å². The summed E-state index contributed by atoms with van der Waals surface area (Å²) in [5.41, 5.74) is 1.20. The number of furan rings is 1. The van der Waals surface area contributed by atoms with Crippen LogP contribution in [-0.2, 0) is 11.2 Å². The molecular formula is C14H19NO2. The number of rotatable bonds is 2. The normalized spacial score (nSPS) is 24.6. The number of aryl methyl sites for hydroxylation is 1. The van der Waals surface area contributed by atoms with E-state index in [-0.39, 0.29) is 17.9 Å². The lowest BCUT2D eigenvalue weighted by Gasteiger charge is -2.24. The van der Waals surface area contributed by atoms with Crippen LogP contribution in [0.15, 0.2) is 16.7 Å². The van der Waals surface area contributed by atoms with Crippen molar-refractivity contribution in [2.24, 2.45) is 5.92 Å². The third kappa shape index (κ3) is 2.11. The maximum atomic E-state index is 12.1. The fourth-order valence-electron chi connectivity index (χ4n) is 3.11. The van der Waals surface area contributed by atoms with Gasteiger partial charge in [-0.05, 0) is 31.7 Å². The molecule has 0 saturated heterocycles. The Morgan fingerprint density at radius 3 is 2.88 bits per heavy atom. The molecule has 2 aliphatic carbocycles. The Kier molecular flexibility index (Phi) is 2.91. The van der Waals surface area contributed by atoms with Gasteiger partial charge in [0, 0.05) is 17.9 Å². The van der Waals surface area contributed by atoms with Crippen LogP contribution in [-0.4, -0.2) is 5.91 Å². The summed E-state index contributed by atoms with van der Waals surface area (Å²) in [5, 5.41) is 3.20. The molecule has 1 heterocycles. The number of hydrogen-bond donors (Lipinski definition) is 1. The van der Waals surface area contributed by atoms with Gasteiger partial charge in [-0.3, -0.25) is 4.79 Å². The van der Waals surface area contributed by atoms with Crippen LogP contribution in [0.4, 0.5) is 0 Å². The smallest absolute Gasteiger partial charge is 0.223 e. The topological polar surface area (TPSA) is 42.2 Å². The van der Waals surface area contributed by atoms with Crippen molar-refractivity contribution >= 4 is 5.91 Å². The van der Waals surface area contributed by atoms with Crippen molar-refractivity contribution in [2.45, 2.75) is 51.0 Å². The van der Waals surface area contributed by atoms with Gasteiger partial charge in [0.1, 0.15) is 5.76 Å². The fraction of sp³-hybridized carbons (Fsp3) is 0.643. The maximum absolute atomic E-state index is 12.1. The molecule has 0 spiro atoms. The van der Waals surface area contributed by atoms with E-state index in [2.05, 4.69) is 5.32 Å². The fourth-order valence-corrected chi connectivity index (χ4v) is 3.11. The second kappa shape index (κ2) is 4.55. The van der Waals surface area contributed by atoms with Gasteiger partial charge in [-0.15, -0.1) is 0 Å². The summed E-state index contributed by atoms with van der Waals surface area (Å²) in [7, 11) is 0. The molecule has 1 aromatic heterocycles. The summed E-state index contributed by atoms with van der Waals surface area (Å²) >= 11 is 0. The molecule has 3 rings (SSSR count). The molecule has 2 aliphatic rings. The zero-order valence-corrected chi connectivity index (χ0v) is 10.1. The van der Waals surface area contributed by atoms with Gasteiger partial charge in [-0.25, -0.2) is 0 Å². The molecular weight excluding hydrogens is 214 g/mol. The van der Waals surface area contributed by atoms with E-state index in [9.17, 15) is 4.79 Å². The second-order valence-electron chi connectivity index (χ2n) is 5.23. The standard InChI is InChI=1S/C14H19NO2/c16-14(10-4-1-2-5-10)15-12-6-3-7-13-11(12)8-9-17-13/h8-10,12H,1-7H2,(H,15,16)/t12-/m1/s1. The van der Waals surface area contributed by atoms with E-state index < -0.39 is 0 Å². The number of carbonyl (C=O) groups excluding carboxylic acids is 1. The van der Waals surface area contributed by atoms with Crippen molar-refractivity contribution in [3.05, 3.63) is 23.7 Å². The summed E-state index contributed by atoms with van der Waals surface area (Å²) in [6.45, 7) is 0. The van der Waals surface area contributed by atoms with Crippen LogP contribution in [0.5, 0.6) is 0 Å². The second-order valence-corrected chi connectivity index (χ2v) is 5.23. The molecule has 3 heteroatoms. The van der Waals surface area contributed by atoms with E-state index in [1.54, 1.807) is 6.26 Å². The van der Waals surface area contributed by atoms with Crippen LogP contribution in [0.1, 0.15) is 55.9 Å². The van der Waals surface area contributed by atoms with Crippen LogP contribution in [0, 0.1) is 5.92 Å². The highest BCUT2D eigenvalue weighted by molar-refractivity contribution is 5.79. The monoisotopic (exact) mass is 233 g/mol. The number of amides is 1. The van der Waals surface area contributed by atoms with Gasteiger partial charge in [0.05, 0.1) is 12.3 Å². The lowest BCUT2D eigenvalue weighted by Crippen LogP contribution is -2.34. The number of carbonyl (C=O) groups is 1. The Morgan fingerprint density at radius 1 is 1.24 bits per heavy atom. The van der Waals surface area contributed by atoms with Gasteiger partial charge >= 0.3 is 0 Å². The minimum absolute atomic E-state index is 0.186. The van der Waals surface area contributed by atoms with Gasteiger partial charge < -0.3 is 9.73 Å². The molecule has 1 N–H and O–H groups in total. The minimum Gasteiger partial charge on any atom is -0.469 e. The first-order chi connectivity index (χ1) is 8.34. The van der Waals surface area contributed by atoms with E-state index >= 15 is 0 Å². The van der Waals surface area contributed by atoms with Crippen LogP contribution < -0.4 is 5.32 Å². The van der Waals surface area contributed by atoms with Gasteiger partial charge in [0.2, 0.25) is 5.91 Å². The Balaban J connectivity index is 1.68. The lowest BCUT2D eigenvalue weighted by molar-refractivity contribution is -0.125. The van der Waals surface area contributed by atoms with Crippen molar-refractivity contribution < 1.29 is 9.21 Å². The van der Waals surface area contributed by atoms with E-state index in [4.69, 9.17) is 4.42 Å². The highest BCUT2D eigenvalue weighted by atomic mass is 16.3. The highest BCUT2D eigenvalue weighted by Crippen LogP contribution is 2.32. The molecule has 0 aliphatic heterocycles. The Morgan fingerprint density at radius 2 is 2.06 bits per heavy atom. The molecule has 1 atom stereocenters. The van der Waals surface area contributed by atoms with Crippen molar-refractivity contribution in [3.8, 4) is 0 Å². The Hall–Kier alpha value is -1.25. The Bertz CT molecular complexity index is 404. The molecule has 0 aromatic carbocycles. The van der Waals surface area contributed by atoms with Gasteiger partial charge in [-0.2, -0.15) is 0 Å². The van der Waals surface area contributed by atoms with Gasteiger partial charge in [0.15, 0.2) is 0 Å². The molecule has 3 nitrogen and oxygen atoms in total. The third-order valence-electron chi connectivity index (χ3n) is 4.09. The van der Waals surface area contributed by atoms with Crippen LogP contribution in [0.2, 0.25) is 0 Å². The lowest BCUT2D eigenvalue weighted by atomic mass is 9.93. The molecule has 0 bridgehead atoms. The molecule has 0 radical (unpaired) electrons. The zero-order valence-electron chi connectivity index (χ0n) is 10.1. The summed E-state index contributed by atoms with van der Waals surface area (Å²) < 4.78 is 5.44. The summed E-state index contributed by atoms with van der Waals surface area (Å²) in [5.74, 6) is 1.57. The van der Waals surface area contributed by atoms with Crippen LogP contribution in [0.3, 0.4) is 0 Å². The number of nitrogens with one attached hydrogen (secondary N) is 1. The molecule has 17 heavy (non-hydrogen) atoms. The van der Waals surface area contributed by atoms with Crippen molar-refractivity contribution in [1.29, 1.82) is 0 Å². The van der Waals surface area contributed by atoms with Crippen molar-refractivity contribution in [3.63, 3.8) is 0 Å². The summed E-state index contributed by atoms with van der Waals surface area (Å²) in [6, 6.07) is 2.19. The quantitative estimate of drug-likeness (QED) is 0.853. The zero-order chi connectivity index (χ0) is 11.7. The molecule has 1 amide bonds. The largest absolute Gasteiger partial charge is 0.469 e. The van der Waals surface area contributed by atoms with Crippen LogP contribution >= 0.6 is 0 Å². The molecule has 92 valence electrons. The molecule has 1 saturated carbocycles. The van der Waals surface area contributed by atoms with E-state index in [1.165, 1.54) is 18.4 Å². The average molecular weight is 233 g/mol. The average Bonchev–Trinajstić information content (AvgIpc) is 3.00. The third-order valence-corrected chi connectivity index (χ3v) is 4.09. The SMILES string of the molecule is O=C(N[C@@H]1CCCc2occc21)C1CCCC1. The number of fused-ring (bicyclic) bond motifs is 1. The summed E-state index contributed by atoms with van der Waals surface area (Å²) in [4.78, 5) is 12.1. The molecule has 1 fully saturated rings. The highest BCUT2D eigenvalue weighted by Gasteiger charge is 2.28. The van der Waals surface area contributed by atoms with Crippen LogP contribution in [0.25, 0.3) is 0 Å². The predicted molar refractivity (Wildman–Crippen MR) is 64.5 cm³/mol. The van der Waals surface area contributed by atoms with Crippen molar-refractivity contribution in [2.75, 3.05) is 0 Å². The minimum atomic E-state index is 0.186. The Labute approximate surface area is 102 Å². The summed E-state index contributed by atoms with van der Waals surface area (Å²) in [6.07, 6.45) is 9.46. The first-order valence-electron chi connectivity index (χ1n) is 6.71. The van der Waals surface area contributed by atoms with Crippen molar-refractivity contribution in [1.82, 2.24) is 5.32 Å². The maximum Gasteiger partial charge on any atom is 0.223 e. The molecule has 0 unspecified atom stereocenters. The van der Waals surface area contributed by atoms with Gasteiger partial charge in [0.25, 0.3) is 0 Å². The van der Waals surface area contributed by atoms with E-state index in [0.29, 0.717) is 0 Å². The van der Waals surface area contributed by atoms with E-state index in [0.717, 1.165) is 37.9 Å². The predicted octanol–water partition coefficient (Wildman–Crippen LogP) is 2.96. The number of hydrogen-bond acceptors (Lipinski definition) is 2. The first-order valence-corrected chi connectivity index (χ1v) is 6.71.